The number of rotatable bonds is 12. The van der Waals surface area contributed by atoms with Gasteiger partial charge in [-0.25, -0.2) is 14.8 Å². The van der Waals surface area contributed by atoms with E-state index >= 15 is 0 Å². The van der Waals surface area contributed by atoms with Gasteiger partial charge < -0.3 is 19.1 Å². The van der Waals surface area contributed by atoms with E-state index in [2.05, 4.69) is 38.7 Å². The van der Waals surface area contributed by atoms with Gasteiger partial charge in [0, 0.05) is 43.6 Å². The number of ether oxygens (including phenoxy) is 3. The quantitative estimate of drug-likeness (QED) is 0.260. The molecule has 0 saturated heterocycles. The van der Waals surface area contributed by atoms with E-state index in [1.807, 2.05) is 43.5 Å². The highest BCUT2D eigenvalue weighted by Gasteiger charge is 2.24. The molecule has 1 amide bonds. The molecule has 218 valence electrons. The molecule has 3 aromatic rings. The van der Waals surface area contributed by atoms with Gasteiger partial charge in [0.25, 0.3) is 0 Å². The first-order valence-electron chi connectivity index (χ1n) is 12.9. The lowest BCUT2D eigenvalue weighted by molar-refractivity contribution is 0.0297. The van der Waals surface area contributed by atoms with Gasteiger partial charge in [-0.05, 0) is 51.3 Å². The maximum atomic E-state index is 12.4. The molecule has 11 nitrogen and oxygen atoms in total. The van der Waals surface area contributed by atoms with Crippen LogP contribution in [-0.4, -0.2) is 74.4 Å². The molecule has 2 unspecified atom stereocenters. The summed E-state index contributed by atoms with van der Waals surface area (Å²) >= 11 is 7.44. The Morgan fingerprint density at radius 1 is 1.12 bits per heavy atom. The number of hydrogen-bond donors (Lipinski definition) is 1. The highest BCUT2D eigenvalue weighted by Crippen LogP contribution is 2.36. The number of nitrogens with one attached hydrogen (secondary N) is 1. The fourth-order valence-corrected chi connectivity index (χ4v) is 4.60. The number of aryl methyl sites for hydroxylation is 1. The number of para-hydroxylation sites is 1. The summed E-state index contributed by atoms with van der Waals surface area (Å²) in [6, 6.07) is 5.58. The van der Waals surface area contributed by atoms with E-state index in [-0.39, 0.29) is 17.3 Å². The minimum atomic E-state index is -0.557. The van der Waals surface area contributed by atoms with Gasteiger partial charge in [-0.2, -0.15) is 0 Å². The molecule has 0 aliphatic rings. The van der Waals surface area contributed by atoms with Crippen LogP contribution < -0.4 is 14.2 Å². The Morgan fingerprint density at radius 3 is 2.33 bits per heavy atom. The van der Waals surface area contributed by atoms with Crippen LogP contribution in [0.5, 0.6) is 11.5 Å². The van der Waals surface area contributed by atoms with Crippen LogP contribution in [0.1, 0.15) is 58.6 Å². The number of anilines is 1. The Bertz CT molecular complexity index is 1240. The summed E-state index contributed by atoms with van der Waals surface area (Å²) in [5, 5.41) is 9.52. The second-order valence-electron chi connectivity index (χ2n) is 10.3. The number of hydrogen-bond acceptors (Lipinski definition) is 10. The van der Waals surface area contributed by atoms with E-state index in [1.54, 1.807) is 38.6 Å². The van der Waals surface area contributed by atoms with Crippen molar-refractivity contribution < 1.29 is 19.0 Å². The summed E-state index contributed by atoms with van der Waals surface area (Å²) in [6.45, 7) is 10.2. The molecular formula is C27H38ClN7O4S. The average molecular weight is 592 g/mol. The molecule has 3 rings (SSSR count). The van der Waals surface area contributed by atoms with Crippen LogP contribution in [0, 0.1) is 0 Å². The van der Waals surface area contributed by atoms with E-state index in [0.29, 0.717) is 59.2 Å². The summed E-state index contributed by atoms with van der Waals surface area (Å²) < 4.78 is 22.1. The second-order valence-corrected chi connectivity index (χ2v) is 11.9. The summed E-state index contributed by atoms with van der Waals surface area (Å²) in [4.78, 5) is 22.7. The van der Waals surface area contributed by atoms with Crippen LogP contribution in [0.4, 0.5) is 10.7 Å². The number of benzene rings is 1. The number of amides is 1. The summed E-state index contributed by atoms with van der Waals surface area (Å²) in [5.74, 6) is 3.15. The number of aromatic nitrogens is 5. The number of carbonyl (C=O) groups is 1. The molecule has 1 aromatic carbocycles. The number of halogens is 1. The molecule has 2 aromatic heterocycles. The van der Waals surface area contributed by atoms with E-state index < -0.39 is 5.60 Å². The first kappa shape index (κ1) is 31.3. The van der Waals surface area contributed by atoms with Gasteiger partial charge in [0.1, 0.15) is 34.4 Å². The van der Waals surface area contributed by atoms with Gasteiger partial charge in [0.15, 0.2) is 0 Å². The summed E-state index contributed by atoms with van der Waals surface area (Å²) in [6.07, 6.45) is 4.01. The molecule has 2 atom stereocenters. The lowest BCUT2D eigenvalue weighted by Crippen LogP contribution is -2.34. The van der Waals surface area contributed by atoms with Crippen LogP contribution in [0.15, 0.2) is 30.6 Å². The van der Waals surface area contributed by atoms with Gasteiger partial charge in [-0.15, -0.1) is 10.2 Å². The van der Waals surface area contributed by atoms with Crippen molar-refractivity contribution in [3.05, 3.63) is 47.3 Å². The predicted molar refractivity (Wildman–Crippen MR) is 158 cm³/mol. The van der Waals surface area contributed by atoms with Crippen molar-refractivity contribution >= 4 is 35.6 Å². The Labute approximate surface area is 245 Å². The molecule has 0 saturated carbocycles. The van der Waals surface area contributed by atoms with Crippen LogP contribution in [0.3, 0.4) is 0 Å². The number of methoxy groups -OCH3 is 2. The molecule has 0 radical (unpaired) electrons. The Hall–Kier alpha value is -3.25. The van der Waals surface area contributed by atoms with E-state index in [1.165, 1.54) is 11.9 Å². The number of nitrogens with zero attached hydrogens (tertiary/aromatic N) is 6. The minimum absolute atomic E-state index is 0.0368. The van der Waals surface area contributed by atoms with Gasteiger partial charge in [-0.1, -0.05) is 31.5 Å². The van der Waals surface area contributed by atoms with Crippen molar-refractivity contribution in [3.8, 4) is 17.2 Å². The predicted octanol–water partition coefficient (Wildman–Crippen LogP) is 5.78. The summed E-state index contributed by atoms with van der Waals surface area (Å²) in [5.41, 5.74) is 0.121. The SMILES string of the molecule is COc1cccc(OC)c1-n1c(CCCN(C)C(=O)OC(C)(C)C)nnc1NSC(C)C(C)c1ncc(Cl)cn1. The zero-order valence-corrected chi connectivity index (χ0v) is 25.8. The molecule has 13 heteroatoms. The molecule has 0 bridgehead atoms. The van der Waals surface area contributed by atoms with Crippen LogP contribution in [0.25, 0.3) is 5.69 Å². The van der Waals surface area contributed by atoms with Crippen molar-refractivity contribution in [2.75, 3.05) is 32.5 Å². The first-order chi connectivity index (χ1) is 18.9. The fraction of sp³-hybridized carbons (Fsp3) is 0.519. The maximum Gasteiger partial charge on any atom is 0.410 e. The standard InChI is InChI=1S/C27H38ClN7O4S/c1-17(24-29-15-19(28)16-30-24)18(2)40-33-25-32-31-22(13-10-14-34(6)26(36)39-27(3,4)5)35(25)23-20(37-7)11-9-12-21(23)38-8/h9,11-12,15-18H,10,13-14H2,1-8H3,(H,32,33). The molecule has 1 N–H and O–H groups in total. The normalized spacial score (nSPS) is 12.9. The van der Waals surface area contributed by atoms with Crippen molar-refractivity contribution in [1.29, 1.82) is 0 Å². The lowest BCUT2D eigenvalue weighted by Gasteiger charge is -2.24. The first-order valence-corrected chi connectivity index (χ1v) is 14.2. The Kier molecular flexibility index (Phi) is 10.9. The molecule has 2 heterocycles. The maximum absolute atomic E-state index is 12.4. The fourth-order valence-electron chi connectivity index (χ4n) is 3.75. The number of carbonyl (C=O) groups excluding carboxylic acids is 1. The van der Waals surface area contributed by atoms with E-state index in [4.69, 9.17) is 25.8 Å². The van der Waals surface area contributed by atoms with Crippen LogP contribution >= 0.6 is 23.5 Å². The largest absolute Gasteiger partial charge is 0.494 e. The third-order valence-electron chi connectivity index (χ3n) is 6.04. The highest BCUT2D eigenvalue weighted by molar-refractivity contribution is 8.01. The lowest BCUT2D eigenvalue weighted by atomic mass is 10.1. The van der Waals surface area contributed by atoms with E-state index in [0.717, 1.165) is 0 Å². The smallest absolute Gasteiger partial charge is 0.410 e. The van der Waals surface area contributed by atoms with Crippen LogP contribution in [0.2, 0.25) is 5.02 Å². The van der Waals surface area contributed by atoms with Crippen molar-refractivity contribution in [2.45, 2.75) is 64.2 Å². The van der Waals surface area contributed by atoms with Gasteiger partial charge >= 0.3 is 6.09 Å². The molecule has 0 fully saturated rings. The van der Waals surface area contributed by atoms with E-state index in [9.17, 15) is 4.79 Å². The zero-order chi connectivity index (χ0) is 29.4. The minimum Gasteiger partial charge on any atom is -0.494 e. The molecule has 0 aliphatic carbocycles. The monoisotopic (exact) mass is 591 g/mol. The summed E-state index contributed by atoms with van der Waals surface area (Å²) in [7, 11) is 4.93. The topological polar surface area (TPSA) is 117 Å². The van der Waals surface area contributed by atoms with Crippen LogP contribution in [-0.2, 0) is 11.2 Å². The molecular weight excluding hydrogens is 554 g/mol. The van der Waals surface area contributed by atoms with Crippen molar-refractivity contribution in [3.63, 3.8) is 0 Å². The average Bonchev–Trinajstić information content (AvgIpc) is 3.32. The highest BCUT2D eigenvalue weighted by atomic mass is 35.5. The van der Waals surface area contributed by atoms with Crippen molar-refractivity contribution in [1.82, 2.24) is 29.6 Å². The van der Waals surface area contributed by atoms with Crippen molar-refractivity contribution in [2.24, 2.45) is 0 Å². The Balaban J connectivity index is 1.84. The Morgan fingerprint density at radius 2 is 1.75 bits per heavy atom. The molecule has 0 spiro atoms. The van der Waals surface area contributed by atoms with Gasteiger partial charge in [0.2, 0.25) is 5.95 Å². The third kappa shape index (κ3) is 8.14. The molecule has 0 aliphatic heterocycles. The van der Waals surface area contributed by atoms with Gasteiger partial charge in [0.05, 0.1) is 19.2 Å². The second kappa shape index (κ2) is 13.9. The van der Waals surface area contributed by atoms with Gasteiger partial charge in [-0.3, -0.25) is 9.29 Å². The zero-order valence-electron chi connectivity index (χ0n) is 24.3. The molecule has 40 heavy (non-hydrogen) atoms. The third-order valence-corrected chi connectivity index (χ3v) is 7.32.